The van der Waals surface area contributed by atoms with Crippen LogP contribution in [0.3, 0.4) is 0 Å². The summed E-state index contributed by atoms with van der Waals surface area (Å²) in [6.07, 6.45) is 4.99. The Balaban J connectivity index is 1.66. The molecule has 0 amide bonds. The maximum absolute atomic E-state index is 13.2. The molecule has 0 aliphatic rings. The van der Waals surface area contributed by atoms with E-state index in [4.69, 9.17) is 16.1 Å². The number of rotatable bonds is 3. The lowest BCUT2D eigenvalue weighted by molar-refractivity contribution is 0.442. The smallest absolute Gasteiger partial charge is 0.279 e. The summed E-state index contributed by atoms with van der Waals surface area (Å²) in [4.78, 5) is 30.3. The normalized spacial score (nSPS) is 11.6. The molecule has 9 heteroatoms. The van der Waals surface area contributed by atoms with Crippen molar-refractivity contribution >= 4 is 28.1 Å². The van der Waals surface area contributed by atoms with Gasteiger partial charge in [0.15, 0.2) is 5.58 Å². The zero-order valence-electron chi connectivity index (χ0n) is 16.2. The van der Waals surface area contributed by atoms with Crippen LogP contribution < -0.4 is 11.1 Å². The van der Waals surface area contributed by atoms with Crippen LogP contribution in [-0.4, -0.2) is 23.7 Å². The highest BCUT2D eigenvalue weighted by molar-refractivity contribution is 6.31. The van der Waals surface area contributed by atoms with E-state index >= 15 is 0 Å². The third-order valence-electron chi connectivity index (χ3n) is 5.11. The minimum absolute atomic E-state index is 0.200. The van der Waals surface area contributed by atoms with Gasteiger partial charge in [-0.25, -0.2) is 4.98 Å². The fraction of sp³-hybridized carbons (Fsp3) is 0.143. The largest absolute Gasteiger partial charge is 0.356 e. The zero-order chi connectivity index (χ0) is 21.0. The molecule has 8 nitrogen and oxygen atoms in total. The van der Waals surface area contributed by atoms with Crippen molar-refractivity contribution in [1.29, 1.82) is 0 Å². The number of pyridine rings is 1. The Kier molecular flexibility index (Phi) is 4.11. The summed E-state index contributed by atoms with van der Waals surface area (Å²) in [5, 5.41) is 5.40. The first-order chi connectivity index (χ1) is 14.4. The lowest BCUT2D eigenvalue weighted by atomic mass is 10.2. The molecule has 150 valence electrons. The summed E-state index contributed by atoms with van der Waals surface area (Å²) in [6, 6.07) is 8.49. The first kappa shape index (κ1) is 18.4. The standard InChI is InChI=1S/C21H16ClN5O3/c1-12-8-25(11-23-12)17-4-5-18-21(29)26(13(2)9-27(18)20(17)28)10-16-15-7-14(22)3-6-19(15)30-24-16/h3-9,11H,10H2,1-2H3. The van der Waals surface area contributed by atoms with Crippen molar-refractivity contribution in [3.8, 4) is 5.69 Å². The fourth-order valence-electron chi connectivity index (χ4n) is 3.57. The quantitative estimate of drug-likeness (QED) is 0.446. The van der Waals surface area contributed by atoms with E-state index in [9.17, 15) is 9.59 Å². The lowest BCUT2D eigenvalue weighted by Gasteiger charge is -2.12. The van der Waals surface area contributed by atoms with Crippen LogP contribution in [0.15, 0.2) is 63.2 Å². The number of fused-ring (bicyclic) bond motifs is 2. The summed E-state index contributed by atoms with van der Waals surface area (Å²) in [5.74, 6) is 0. The van der Waals surface area contributed by atoms with Gasteiger partial charge in [-0.15, -0.1) is 0 Å². The minimum Gasteiger partial charge on any atom is -0.356 e. The fourth-order valence-corrected chi connectivity index (χ4v) is 3.74. The predicted octanol–water partition coefficient (Wildman–Crippen LogP) is 3.11. The number of imidazole rings is 1. The summed E-state index contributed by atoms with van der Waals surface area (Å²) in [7, 11) is 0. The molecule has 0 N–H and O–H groups in total. The van der Waals surface area contributed by atoms with Crippen LogP contribution in [0.4, 0.5) is 0 Å². The Labute approximate surface area is 174 Å². The second-order valence-electron chi connectivity index (χ2n) is 7.13. The Bertz CT molecular complexity index is 1560. The van der Waals surface area contributed by atoms with Gasteiger partial charge >= 0.3 is 0 Å². The highest BCUT2D eigenvalue weighted by Crippen LogP contribution is 2.23. The number of hydrogen-bond acceptors (Lipinski definition) is 5. The van der Waals surface area contributed by atoms with Gasteiger partial charge in [-0.05, 0) is 44.2 Å². The van der Waals surface area contributed by atoms with Crippen LogP contribution >= 0.6 is 11.6 Å². The van der Waals surface area contributed by atoms with Crippen LogP contribution in [0, 0.1) is 13.8 Å². The maximum Gasteiger partial charge on any atom is 0.279 e. The molecule has 0 saturated carbocycles. The van der Waals surface area contributed by atoms with Crippen molar-refractivity contribution < 1.29 is 4.52 Å². The topological polar surface area (TPSA) is 87.3 Å². The number of benzene rings is 1. The average molecular weight is 422 g/mol. The van der Waals surface area contributed by atoms with Crippen molar-refractivity contribution in [2.24, 2.45) is 0 Å². The molecular formula is C21H16ClN5O3. The van der Waals surface area contributed by atoms with Gasteiger partial charge in [-0.2, -0.15) is 0 Å². The van der Waals surface area contributed by atoms with Crippen LogP contribution in [0.1, 0.15) is 17.1 Å². The van der Waals surface area contributed by atoms with E-state index in [1.807, 2.05) is 6.92 Å². The minimum atomic E-state index is -0.295. The van der Waals surface area contributed by atoms with Gasteiger partial charge in [-0.1, -0.05) is 16.8 Å². The van der Waals surface area contributed by atoms with Gasteiger partial charge in [0.1, 0.15) is 16.9 Å². The second kappa shape index (κ2) is 6.70. The maximum atomic E-state index is 13.2. The van der Waals surface area contributed by atoms with E-state index in [1.54, 1.807) is 65.1 Å². The first-order valence-electron chi connectivity index (χ1n) is 9.23. The molecule has 0 fully saturated rings. The second-order valence-corrected chi connectivity index (χ2v) is 7.57. The Hall–Kier alpha value is -3.65. The van der Waals surface area contributed by atoms with Gasteiger partial charge in [0.05, 0.1) is 18.6 Å². The molecule has 0 saturated heterocycles. The number of halogens is 1. The van der Waals surface area contributed by atoms with Gasteiger partial charge in [0, 0.05) is 28.5 Å². The SMILES string of the molecule is Cc1cn(-c2ccc3c(=O)n(Cc4noc5ccc(Cl)cc45)c(C)cn3c2=O)cn1. The highest BCUT2D eigenvalue weighted by Gasteiger charge is 2.15. The molecule has 0 aliphatic heterocycles. The zero-order valence-corrected chi connectivity index (χ0v) is 16.9. The van der Waals surface area contributed by atoms with Crippen LogP contribution in [0.2, 0.25) is 5.02 Å². The van der Waals surface area contributed by atoms with Crippen LogP contribution in [-0.2, 0) is 6.54 Å². The van der Waals surface area contributed by atoms with Gasteiger partial charge < -0.3 is 13.7 Å². The monoisotopic (exact) mass is 421 g/mol. The number of nitrogens with zero attached hydrogens (tertiary/aromatic N) is 5. The van der Waals surface area contributed by atoms with E-state index in [2.05, 4.69) is 10.1 Å². The van der Waals surface area contributed by atoms with Crippen molar-refractivity contribution in [3.63, 3.8) is 0 Å². The highest BCUT2D eigenvalue weighted by atomic mass is 35.5. The molecule has 0 aliphatic carbocycles. The molecule has 30 heavy (non-hydrogen) atoms. The van der Waals surface area contributed by atoms with Crippen molar-refractivity contribution in [2.45, 2.75) is 20.4 Å². The molecule has 0 bridgehead atoms. The van der Waals surface area contributed by atoms with E-state index in [0.29, 0.717) is 27.7 Å². The van der Waals surface area contributed by atoms with Crippen LogP contribution in [0.5, 0.6) is 0 Å². The molecular weight excluding hydrogens is 406 g/mol. The first-order valence-corrected chi connectivity index (χ1v) is 9.61. The van der Waals surface area contributed by atoms with Crippen molar-refractivity contribution in [3.05, 3.63) is 91.9 Å². The Morgan fingerprint density at radius 1 is 1.07 bits per heavy atom. The van der Waals surface area contributed by atoms with E-state index in [-0.39, 0.29) is 23.2 Å². The Morgan fingerprint density at radius 3 is 2.67 bits per heavy atom. The Morgan fingerprint density at radius 2 is 1.90 bits per heavy atom. The molecule has 4 heterocycles. The summed E-state index contributed by atoms with van der Waals surface area (Å²) >= 11 is 6.09. The summed E-state index contributed by atoms with van der Waals surface area (Å²) < 4.78 is 9.93. The van der Waals surface area contributed by atoms with Gasteiger partial charge in [-0.3, -0.25) is 14.0 Å². The lowest BCUT2D eigenvalue weighted by Crippen LogP contribution is -2.30. The third-order valence-corrected chi connectivity index (χ3v) is 5.34. The van der Waals surface area contributed by atoms with Crippen LogP contribution in [0.25, 0.3) is 22.2 Å². The molecule has 1 aromatic carbocycles. The van der Waals surface area contributed by atoms with E-state index in [1.165, 1.54) is 4.40 Å². The van der Waals surface area contributed by atoms with Gasteiger partial charge in [0.25, 0.3) is 11.1 Å². The van der Waals surface area contributed by atoms with Crippen molar-refractivity contribution in [2.75, 3.05) is 0 Å². The molecule has 0 atom stereocenters. The summed E-state index contributed by atoms with van der Waals surface area (Å²) in [5.41, 5.74) is 2.71. The number of hydrogen-bond donors (Lipinski definition) is 0. The summed E-state index contributed by atoms with van der Waals surface area (Å²) in [6.45, 7) is 3.82. The number of aryl methyl sites for hydroxylation is 2. The molecule has 5 aromatic rings. The molecule has 0 spiro atoms. The predicted molar refractivity (Wildman–Crippen MR) is 113 cm³/mol. The average Bonchev–Trinajstić information content (AvgIpc) is 3.32. The van der Waals surface area contributed by atoms with E-state index < -0.39 is 0 Å². The number of aromatic nitrogens is 5. The molecule has 5 rings (SSSR count). The van der Waals surface area contributed by atoms with Crippen molar-refractivity contribution in [1.82, 2.24) is 23.7 Å². The van der Waals surface area contributed by atoms with E-state index in [0.717, 1.165) is 11.1 Å². The third kappa shape index (κ3) is 2.84. The molecule has 0 unspecified atom stereocenters. The molecule has 4 aromatic heterocycles. The molecule has 0 radical (unpaired) electrons. The van der Waals surface area contributed by atoms with Gasteiger partial charge in [0.2, 0.25) is 0 Å².